The zero-order valence-electron chi connectivity index (χ0n) is 9.36. The van der Waals surface area contributed by atoms with Crippen LogP contribution in [0.3, 0.4) is 0 Å². The molecule has 0 saturated carbocycles. The molecule has 1 rings (SSSR count). The van der Waals surface area contributed by atoms with Gasteiger partial charge in [0.05, 0.1) is 0 Å². The van der Waals surface area contributed by atoms with Crippen LogP contribution in [0.5, 0.6) is 0 Å². The molecule has 0 unspecified atom stereocenters. The molecule has 3 heteroatoms. The Balaban J connectivity index is 0.000000487. The lowest BCUT2D eigenvalue weighted by Crippen LogP contribution is -2.18. The predicted molar refractivity (Wildman–Crippen MR) is 68.0 cm³/mol. The van der Waals surface area contributed by atoms with E-state index in [2.05, 4.69) is 48.9 Å². The van der Waals surface area contributed by atoms with Crippen LogP contribution in [-0.4, -0.2) is 6.03 Å². The summed E-state index contributed by atoms with van der Waals surface area (Å²) in [6.45, 7) is 7.42. The molecule has 86 valence electrons. The maximum atomic E-state index is 9.00. The lowest BCUT2D eigenvalue weighted by molar-refractivity contribution is 0.256. The van der Waals surface area contributed by atoms with E-state index in [-0.39, 0.29) is 0 Å². The van der Waals surface area contributed by atoms with Crippen molar-refractivity contribution in [2.45, 2.75) is 12.8 Å². The molecule has 0 aliphatic heterocycles. The minimum atomic E-state index is -0.833. The second-order valence-electron chi connectivity index (χ2n) is 3.21. The van der Waals surface area contributed by atoms with Gasteiger partial charge in [-0.3, -0.25) is 0 Å². The summed E-state index contributed by atoms with van der Waals surface area (Å²) in [5.41, 5.74) is 11.1. The number of hydrogen-bond donors (Lipinski definition) is 2. The third-order valence-corrected chi connectivity index (χ3v) is 1.75. The zero-order valence-corrected chi connectivity index (χ0v) is 9.36. The highest BCUT2D eigenvalue weighted by Gasteiger charge is 1.91. The molecule has 0 heterocycles. The second-order valence-corrected chi connectivity index (χ2v) is 3.21. The van der Waals surface area contributed by atoms with E-state index >= 15 is 0 Å². The van der Waals surface area contributed by atoms with Crippen LogP contribution < -0.4 is 11.5 Å². The Morgan fingerprint density at radius 2 is 1.50 bits per heavy atom. The van der Waals surface area contributed by atoms with Crippen LogP contribution in [0.1, 0.15) is 11.1 Å². The van der Waals surface area contributed by atoms with E-state index in [1.54, 1.807) is 0 Å². The van der Waals surface area contributed by atoms with Gasteiger partial charge < -0.3 is 11.5 Å². The average molecular weight is 218 g/mol. The predicted octanol–water partition coefficient (Wildman–Crippen LogP) is 2.17. The first-order valence-electron chi connectivity index (χ1n) is 4.94. The molecule has 0 radical (unpaired) electrons. The van der Waals surface area contributed by atoms with E-state index in [9.17, 15) is 0 Å². The van der Waals surface area contributed by atoms with Crippen LogP contribution in [0.4, 0.5) is 4.79 Å². The molecule has 2 amide bonds. The first kappa shape index (κ1) is 14.0. The third-order valence-electron chi connectivity index (χ3n) is 1.75. The van der Waals surface area contributed by atoms with Crippen molar-refractivity contribution in [2.24, 2.45) is 11.5 Å². The number of rotatable bonds is 4. The van der Waals surface area contributed by atoms with Gasteiger partial charge >= 0.3 is 6.03 Å². The van der Waals surface area contributed by atoms with Crippen LogP contribution in [-0.2, 0) is 12.8 Å². The van der Waals surface area contributed by atoms with E-state index < -0.39 is 6.03 Å². The zero-order chi connectivity index (χ0) is 12.4. The van der Waals surface area contributed by atoms with Gasteiger partial charge in [0.1, 0.15) is 0 Å². The number of urea groups is 1. The van der Waals surface area contributed by atoms with E-state index in [4.69, 9.17) is 4.79 Å². The number of carbonyl (C=O) groups excluding carboxylic acids is 1. The highest BCUT2D eigenvalue weighted by atomic mass is 16.2. The fraction of sp³-hybridized carbons (Fsp3) is 0.154. The van der Waals surface area contributed by atoms with Crippen molar-refractivity contribution >= 4 is 6.03 Å². The topological polar surface area (TPSA) is 69.1 Å². The van der Waals surface area contributed by atoms with E-state index in [0.29, 0.717) is 0 Å². The molecule has 0 saturated heterocycles. The van der Waals surface area contributed by atoms with Gasteiger partial charge in [-0.1, -0.05) is 36.4 Å². The van der Waals surface area contributed by atoms with Gasteiger partial charge in [-0.2, -0.15) is 0 Å². The van der Waals surface area contributed by atoms with Crippen molar-refractivity contribution in [3.05, 3.63) is 60.7 Å². The Morgan fingerprint density at radius 1 is 1.12 bits per heavy atom. The maximum Gasteiger partial charge on any atom is 0.309 e. The molecule has 16 heavy (non-hydrogen) atoms. The van der Waals surface area contributed by atoms with Crippen LogP contribution in [0.15, 0.2) is 49.6 Å². The molecule has 0 aromatic heterocycles. The fourth-order valence-electron chi connectivity index (χ4n) is 1.22. The van der Waals surface area contributed by atoms with E-state index in [1.165, 1.54) is 11.1 Å². The molecule has 0 fully saturated rings. The molecule has 4 N–H and O–H groups in total. The highest BCUT2D eigenvalue weighted by Crippen LogP contribution is 2.07. The summed E-state index contributed by atoms with van der Waals surface area (Å²) >= 11 is 0. The van der Waals surface area contributed by atoms with E-state index in [0.717, 1.165) is 12.8 Å². The van der Waals surface area contributed by atoms with Crippen molar-refractivity contribution in [2.75, 3.05) is 0 Å². The first-order chi connectivity index (χ1) is 7.60. The summed E-state index contributed by atoms with van der Waals surface area (Å²) in [5.74, 6) is 0. The summed E-state index contributed by atoms with van der Waals surface area (Å²) in [6, 6.07) is 7.68. The SMILES string of the molecule is C=CCc1cccc(CC=C)c1.NC(N)=O. The summed E-state index contributed by atoms with van der Waals surface area (Å²) in [5, 5.41) is 0. The van der Waals surface area contributed by atoms with Crippen molar-refractivity contribution in [1.29, 1.82) is 0 Å². The molecule has 0 aliphatic carbocycles. The Hall–Kier alpha value is -2.03. The quantitative estimate of drug-likeness (QED) is 0.747. The number of benzene rings is 1. The second kappa shape index (κ2) is 8.29. The minimum Gasteiger partial charge on any atom is -0.352 e. The van der Waals surface area contributed by atoms with Gasteiger partial charge in [0.15, 0.2) is 0 Å². The molecule has 0 atom stereocenters. The molecular formula is C13H18N2O. The number of primary amides is 2. The number of allylic oxidation sites excluding steroid dienone is 2. The maximum absolute atomic E-state index is 9.00. The standard InChI is InChI=1S/C12H14.CH4N2O/c1-3-6-11-8-5-9-12(10-11)7-4-2;2-1(3)4/h3-5,8-10H,1-2,6-7H2;(H4,2,3,4). The number of carbonyl (C=O) groups is 1. The third kappa shape index (κ3) is 7.38. The number of hydrogen-bond acceptors (Lipinski definition) is 1. The lowest BCUT2D eigenvalue weighted by atomic mass is 10.1. The summed E-state index contributed by atoms with van der Waals surface area (Å²) in [4.78, 5) is 9.00. The van der Waals surface area contributed by atoms with Gasteiger partial charge in [-0.05, 0) is 24.0 Å². The van der Waals surface area contributed by atoms with Crippen molar-refractivity contribution in [3.63, 3.8) is 0 Å². The molecule has 3 nitrogen and oxygen atoms in total. The Kier molecular flexibility index (Phi) is 7.24. The van der Waals surface area contributed by atoms with Gasteiger partial charge in [-0.15, -0.1) is 13.2 Å². The van der Waals surface area contributed by atoms with Gasteiger partial charge in [0.25, 0.3) is 0 Å². The highest BCUT2D eigenvalue weighted by molar-refractivity contribution is 5.69. The van der Waals surface area contributed by atoms with Gasteiger partial charge in [-0.25, -0.2) is 4.79 Å². The average Bonchev–Trinajstić information content (AvgIpc) is 2.18. The van der Waals surface area contributed by atoms with Crippen LogP contribution in [0.2, 0.25) is 0 Å². The smallest absolute Gasteiger partial charge is 0.309 e. The lowest BCUT2D eigenvalue weighted by Gasteiger charge is -1.99. The van der Waals surface area contributed by atoms with Gasteiger partial charge in [0.2, 0.25) is 0 Å². The normalized spacial score (nSPS) is 8.50. The molecular weight excluding hydrogens is 200 g/mol. The molecule has 0 aliphatic rings. The Bertz CT molecular complexity index is 329. The Morgan fingerprint density at radius 3 is 1.81 bits per heavy atom. The molecule has 1 aromatic rings. The molecule has 0 spiro atoms. The largest absolute Gasteiger partial charge is 0.352 e. The van der Waals surface area contributed by atoms with Crippen molar-refractivity contribution < 1.29 is 4.79 Å². The summed E-state index contributed by atoms with van der Waals surface area (Å²) in [6.07, 6.45) is 5.75. The van der Waals surface area contributed by atoms with E-state index in [1.807, 2.05) is 12.2 Å². The molecule has 0 bridgehead atoms. The van der Waals surface area contributed by atoms with Crippen LogP contribution in [0, 0.1) is 0 Å². The number of nitrogens with two attached hydrogens (primary N) is 2. The fourth-order valence-corrected chi connectivity index (χ4v) is 1.22. The van der Waals surface area contributed by atoms with Gasteiger partial charge in [0, 0.05) is 0 Å². The summed E-state index contributed by atoms with van der Waals surface area (Å²) in [7, 11) is 0. The number of amides is 2. The molecule has 1 aromatic carbocycles. The first-order valence-corrected chi connectivity index (χ1v) is 4.94. The van der Waals surface area contributed by atoms with Crippen LogP contribution >= 0.6 is 0 Å². The minimum absolute atomic E-state index is 0.833. The monoisotopic (exact) mass is 218 g/mol. The van der Waals surface area contributed by atoms with Crippen LogP contribution in [0.25, 0.3) is 0 Å². The summed E-state index contributed by atoms with van der Waals surface area (Å²) < 4.78 is 0. The van der Waals surface area contributed by atoms with Crippen molar-refractivity contribution in [1.82, 2.24) is 0 Å². The van der Waals surface area contributed by atoms with Crippen molar-refractivity contribution in [3.8, 4) is 0 Å². The Labute approximate surface area is 96.5 Å².